The van der Waals surface area contributed by atoms with Gasteiger partial charge >= 0.3 is 12.0 Å². The second-order valence-corrected chi connectivity index (χ2v) is 5.21. The van der Waals surface area contributed by atoms with Gasteiger partial charge in [0.25, 0.3) is 0 Å². The Morgan fingerprint density at radius 3 is 2.39 bits per heavy atom. The van der Waals surface area contributed by atoms with Gasteiger partial charge in [0, 0.05) is 6.54 Å². The smallest absolute Gasteiger partial charge is 0.340 e. The predicted molar refractivity (Wildman–Crippen MR) is 89.6 cm³/mol. The molecule has 120 valence electrons. The summed E-state index contributed by atoms with van der Waals surface area (Å²) in [4.78, 5) is 24.0. The third-order valence-corrected chi connectivity index (χ3v) is 3.67. The van der Waals surface area contributed by atoms with Crippen LogP contribution in [0.2, 0.25) is 0 Å². The summed E-state index contributed by atoms with van der Waals surface area (Å²) in [6.45, 7) is 4.14. The standard InChI is InChI=1S/C18H20N2O3/c1-12-9-10-15(16(13(12)2)17(21)23-3)20-18(22)19-11-14-7-5-4-6-8-14/h4-10H,11H2,1-3H3,(H2,19,20,22). The highest BCUT2D eigenvalue weighted by atomic mass is 16.5. The van der Waals surface area contributed by atoms with E-state index in [-0.39, 0.29) is 6.03 Å². The maximum absolute atomic E-state index is 12.1. The number of anilines is 1. The predicted octanol–water partition coefficient (Wildman–Crippen LogP) is 3.41. The highest BCUT2D eigenvalue weighted by Crippen LogP contribution is 2.23. The van der Waals surface area contributed by atoms with E-state index in [2.05, 4.69) is 10.6 Å². The Bertz CT molecular complexity index is 712. The van der Waals surface area contributed by atoms with E-state index in [1.54, 1.807) is 6.07 Å². The van der Waals surface area contributed by atoms with E-state index < -0.39 is 5.97 Å². The van der Waals surface area contributed by atoms with Crippen LogP contribution in [0.15, 0.2) is 42.5 Å². The lowest BCUT2D eigenvalue weighted by atomic mass is 10.0. The van der Waals surface area contributed by atoms with Gasteiger partial charge in [0.15, 0.2) is 0 Å². The molecule has 0 bridgehead atoms. The summed E-state index contributed by atoms with van der Waals surface area (Å²) in [6.07, 6.45) is 0. The molecule has 2 N–H and O–H groups in total. The van der Waals surface area contributed by atoms with Crippen molar-refractivity contribution in [1.82, 2.24) is 5.32 Å². The van der Waals surface area contributed by atoms with Gasteiger partial charge in [-0.2, -0.15) is 0 Å². The maximum Gasteiger partial charge on any atom is 0.340 e. The number of carbonyl (C=O) groups is 2. The molecule has 0 spiro atoms. The van der Waals surface area contributed by atoms with E-state index in [1.807, 2.05) is 50.2 Å². The number of hydrogen-bond donors (Lipinski definition) is 2. The van der Waals surface area contributed by atoms with Crippen LogP contribution < -0.4 is 10.6 Å². The molecule has 0 aliphatic carbocycles. The first-order valence-electron chi connectivity index (χ1n) is 7.30. The number of ether oxygens (including phenoxy) is 1. The van der Waals surface area contributed by atoms with E-state index in [4.69, 9.17) is 4.74 Å². The Kier molecular flexibility index (Phi) is 5.36. The fraction of sp³-hybridized carbons (Fsp3) is 0.222. The topological polar surface area (TPSA) is 67.4 Å². The summed E-state index contributed by atoms with van der Waals surface area (Å²) in [5, 5.41) is 5.48. The number of esters is 1. The van der Waals surface area contributed by atoms with Crippen molar-refractivity contribution in [2.45, 2.75) is 20.4 Å². The summed E-state index contributed by atoms with van der Waals surface area (Å²) in [5.41, 5.74) is 3.56. The maximum atomic E-state index is 12.1. The molecule has 0 aliphatic heterocycles. The van der Waals surface area contributed by atoms with Crippen LogP contribution in [-0.4, -0.2) is 19.1 Å². The van der Waals surface area contributed by atoms with E-state index in [0.717, 1.165) is 16.7 Å². The average molecular weight is 312 g/mol. The lowest BCUT2D eigenvalue weighted by Gasteiger charge is -2.14. The molecule has 2 aromatic carbocycles. The van der Waals surface area contributed by atoms with Crippen LogP contribution in [0.5, 0.6) is 0 Å². The zero-order valence-electron chi connectivity index (χ0n) is 13.5. The fourth-order valence-corrected chi connectivity index (χ4v) is 2.23. The van der Waals surface area contributed by atoms with Crippen molar-refractivity contribution in [3.8, 4) is 0 Å². The van der Waals surface area contributed by atoms with E-state index in [9.17, 15) is 9.59 Å². The zero-order valence-corrected chi connectivity index (χ0v) is 13.5. The van der Waals surface area contributed by atoms with Gasteiger partial charge in [-0.25, -0.2) is 9.59 Å². The lowest BCUT2D eigenvalue weighted by molar-refractivity contribution is 0.0601. The summed E-state index contributed by atoms with van der Waals surface area (Å²) in [6, 6.07) is 12.8. The summed E-state index contributed by atoms with van der Waals surface area (Å²) in [5.74, 6) is -0.468. The molecule has 0 aliphatic rings. The first-order chi connectivity index (χ1) is 11.0. The van der Waals surface area contributed by atoms with Crippen LogP contribution in [0.1, 0.15) is 27.0 Å². The molecule has 5 nitrogen and oxygen atoms in total. The molecule has 23 heavy (non-hydrogen) atoms. The van der Waals surface area contributed by atoms with Crippen LogP contribution in [-0.2, 0) is 11.3 Å². The third-order valence-electron chi connectivity index (χ3n) is 3.67. The minimum absolute atomic E-state index is 0.373. The number of hydrogen-bond acceptors (Lipinski definition) is 3. The average Bonchev–Trinajstić information content (AvgIpc) is 2.57. The Balaban J connectivity index is 2.11. The highest BCUT2D eigenvalue weighted by Gasteiger charge is 2.17. The van der Waals surface area contributed by atoms with E-state index >= 15 is 0 Å². The highest BCUT2D eigenvalue weighted by molar-refractivity contribution is 6.02. The molecular weight excluding hydrogens is 292 g/mol. The van der Waals surface area contributed by atoms with Crippen molar-refractivity contribution >= 4 is 17.7 Å². The number of aryl methyl sites for hydroxylation is 1. The number of amides is 2. The van der Waals surface area contributed by atoms with Gasteiger partial charge in [-0.3, -0.25) is 0 Å². The Hall–Kier alpha value is -2.82. The number of rotatable bonds is 4. The van der Waals surface area contributed by atoms with Gasteiger partial charge in [0.05, 0.1) is 18.4 Å². The van der Waals surface area contributed by atoms with Crippen molar-refractivity contribution in [3.63, 3.8) is 0 Å². The quantitative estimate of drug-likeness (QED) is 0.850. The van der Waals surface area contributed by atoms with Gasteiger partial charge in [0.2, 0.25) is 0 Å². The van der Waals surface area contributed by atoms with Gasteiger partial charge in [-0.1, -0.05) is 36.4 Å². The van der Waals surface area contributed by atoms with Crippen molar-refractivity contribution in [3.05, 3.63) is 64.7 Å². The largest absolute Gasteiger partial charge is 0.465 e. The van der Waals surface area contributed by atoms with Crippen LogP contribution in [0, 0.1) is 13.8 Å². The minimum Gasteiger partial charge on any atom is -0.465 e. The van der Waals surface area contributed by atoms with Crippen molar-refractivity contribution in [1.29, 1.82) is 0 Å². The van der Waals surface area contributed by atoms with E-state index in [1.165, 1.54) is 7.11 Å². The molecule has 0 aromatic heterocycles. The molecule has 0 fully saturated rings. The molecule has 0 saturated carbocycles. The van der Waals surface area contributed by atoms with Crippen LogP contribution in [0.3, 0.4) is 0 Å². The first-order valence-corrected chi connectivity index (χ1v) is 7.30. The first kappa shape index (κ1) is 16.5. The molecule has 2 rings (SSSR count). The SMILES string of the molecule is COC(=O)c1c(NC(=O)NCc2ccccc2)ccc(C)c1C. The number of urea groups is 1. The number of nitrogens with one attached hydrogen (secondary N) is 2. The molecule has 0 radical (unpaired) electrons. The Morgan fingerprint density at radius 1 is 1.04 bits per heavy atom. The van der Waals surface area contributed by atoms with Crippen molar-refractivity contribution < 1.29 is 14.3 Å². The number of carbonyl (C=O) groups excluding carboxylic acids is 2. The summed E-state index contributed by atoms with van der Waals surface area (Å²) < 4.78 is 4.81. The Labute approximate surface area is 135 Å². The molecule has 0 saturated heterocycles. The van der Waals surface area contributed by atoms with Gasteiger partial charge in [-0.15, -0.1) is 0 Å². The van der Waals surface area contributed by atoms with Crippen molar-refractivity contribution in [2.75, 3.05) is 12.4 Å². The van der Waals surface area contributed by atoms with Gasteiger partial charge in [0.1, 0.15) is 0 Å². The monoisotopic (exact) mass is 312 g/mol. The molecular formula is C18H20N2O3. The molecule has 0 unspecified atom stereocenters. The fourth-order valence-electron chi connectivity index (χ4n) is 2.23. The second kappa shape index (κ2) is 7.45. The van der Waals surface area contributed by atoms with E-state index in [0.29, 0.717) is 17.8 Å². The molecule has 0 atom stereocenters. The Morgan fingerprint density at radius 2 is 1.74 bits per heavy atom. The second-order valence-electron chi connectivity index (χ2n) is 5.21. The third kappa shape index (κ3) is 4.10. The van der Waals surface area contributed by atoms with Crippen molar-refractivity contribution in [2.24, 2.45) is 0 Å². The zero-order chi connectivity index (χ0) is 16.8. The molecule has 5 heteroatoms. The van der Waals surface area contributed by atoms with Gasteiger partial charge < -0.3 is 15.4 Å². The molecule has 2 aromatic rings. The number of benzene rings is 2. The van der Waals surface area contributed by atoms with Crippen LogP contribution in [0.25, 0.3) is 0 Å². The normalized spacial score (nSPS) is 10.0. The summed E-state index contributed by atoms with van der Waals surface area (Å²) in [7, 11) is 1.32. The minimum atomic E-state index is -0.468. The number of methoxy groups -OCH3 is 1. The van der Waals surface area contributed by atoms with Gasteiger partial charge in [-0.05, 0) is 36.6 Å². The van der Waals surface area contributed by atoms with Crippen LogP contribution >= 0.6 is 0 Å². The lowest BCUT2D eigenvalue weighted by Crippen LogP contribution is -2.29. The summed E-state index contributed by atoms with van der Waals surface area (Å²) >= 11 is 0. The molecule has 0 heterocycles. The van der Waals surface area contributed by atoms with Crippen LogP contribution in [0.4, 0.5) is 10.5 Å². The molecule has 2 amide bonds.